The predicted octanol–water partition coefficient (Wildman–Crippen LogP) is 3.44. The van der Waals surface area contributed by atoms with Gasteiger partial charge in [-0.15, -0.1) is 0 Å². The molecule has 0 bridgehead atoms. The second-order valence-corrected chi connectivity index (χ2v) is 3.95. The van der Waals surface area contributed by atoms with E-state index in [0.717, 1.165) is 17.6 Å². The second kappa shape index (κ2) is 7.13. The molecule has 94 valence electrons. The van der Waals surface area contributed by atoms with Crippen molar-refractivity contribution >= 4 is 12.2 Å². The van der Waals surface area contributed by atoms with E-state index in [2.05, 4.69) is 10.8 Å². The van der Waals surface area contributed by atoms with Gasteiger partial charge in [-0.3, -0.25) is 0 Å². The van der Waals surface area contributed by atoms with Gasteiger partial charge in [-0.05, 0) is 37.5 Å². The highest BCUT2D eigenvalue weighted by Crippen LogP contribution is 2.12. The fraction of sp³-hybridized carbons (Fsp3) is 0.286. The minimum atomic E-state index is -1.24. The highest BCUT2D eigenvalue weighted by molar-refractivity contribution is 5.56. The standard InChI is InChI=1S/C14H15NO3/c1-11(4-3-7-18-14(16)17)8-12-5-2-6-13(9-12)10-15/h2,5-6,8-9H,3-4,7H2,1H3,(H,16,17)/b11-8+. The van der Waals surface area contributed by atoms with E-state index in [4.69, 9.17) is 10.4 Å². The van der Waals surface area contributed by atoms with Crippen molar-refractivity contribution in [2.75, 3.05) is 6.61 Å². The molecule has 0 saturated carbocycles. The largest absolute Gasteiger partial charge is 0.505 e. The van der Waals surface area contributed by atoms with Crippen LogP contribution in [0, 0.1) is 11.3 Å². The first-order chi connectivity index (χ1) is 8.61. The second-order valence-electron chi connectivity index (χ2n) is 3.95. The molecular weight excluding hydrogens is 230 g/mol. The fourth-order valence-electron chi connectivity index (χ4n) is 1.57. The van der Waals surface area contributed by atoms with Gasteiger partial charge in [0.05, 0.1) is 18.2 Å². The van der Waals surface area contributed by atoms with Crippen LogP contribution in [0.2, 0.25) is 0 Å². The summed E-state index contributed by atoms with van der Waals surface area (Å²) in [6.07, 6.45) is 2.18. The molecule has 1 aromatic rings. The topological polar surface area (TPSA) is 70.3 Å². The Hall–Kier alpha value is -2.28. The van der Waals surface area contributed by atoms with E-state index in [9.17, 15) is 4.79 Å². The molecule has 1 rings (SSSR count). The van der Waals surface area contributed by atoms with Gasteiger partial charge in [0.2, 0.25) is 0 Å². The van der Waals surface area contributed by atoms with Crippen LogP contribution in [-0.4, -0.2) is 17.9 Å². The van der Waals surface area contributed by atoms with E-state index < -0.39 is 6.16 Å². The fourth-order valence-corrected chi connectivity index (χ4v) is 1.57. The van der Waals surface area contributed by atoms with E-state index in [1.807, 2.05) is 31.2 Å². The number of ether oxygens (including phenoxy) is 1. The van der Waals surface area contributed by atoms with Gasteiger partial charge < -0.3 is 9.84 Å². The minimum Gasteiger partial charge on any atom is -0.450 e. The number of carbonyl (C=O) groups is 1. The quantitative estimate of drug-likeness (QED) is 0.637. The summed E-state index contributed by atoms with van der Waals surface area (Å²) in [6, 6.07) is 9.43. The number of hydrogen-bond donors (Lipinski definition) is 1. The summed E-state index contributed by atoms with van der Waals surface area (Å²) in [5, 5.41) is 17.1. The molecule has 0 aliphatic heterocycles. The average molecular weight is 245 g/mol. The highest BCUT2D eigenvalue weighted by Gasteiger charge is 1.98. The lowest BCUT2D eigenvalue weighted by atomic mass is 10.1. The molecule has 4 heteroatoms. The Kier molecular flexibility index (Phi) is 5.46. The van der Waals surface area contributed by atoms with Crippen molar-refractivity contribution < 1.29 is 14.6 Å². The summed E-state index contributed by atoms with van der Waals surface area (Å²) in [6.45, 7) is 2.18. The van der Waals surface area contributed by atoms with Gasteiger partial charge in [-0.25, -0.2) is 4.79 Å². The molecule has 4 nitrogen and oxygen atoms in total. The Morgan fingerprint density at radius 3 is 3.00 bits per heavy atom. The summed E-state index contributed by atoms with van der Waals surface area (Å²) in [7, 11) is 0. The van der Waals surface area contributed by atoms with Crippen molar-refractivity contribution in [1.82, 2.24) is 0 Å². The van der Waals surface area contributed by atoms with Crippen LogP contribution in [0.25, 0.3) is 6.08 Å². The zero-order chi connectivity index (χ0) is 13.4. The van der Waals surface area contributed by atoms with Crippen molar-refractivity contribution in [3.8, 4) is 6.07 Å². The molecule has 0 saturated heterocycles. The normalized spacial score (nSPS) is 10.8. The molecule has 0 aliphatic rings. The molecule has 0 atom stereocenters. The summed E-state index contributed by atoms with van der Waals surface area (Å²) in [5.41, 5.74) is 2.73. The van der Waals surface area contributed by atoms with Crippen LogP contribution in [0.4, 0.5) is 4.79 Å². The minimum absolute atomic E-state index is 0.207. The van der Waals surface area contributed by atoms with E-state index >= 15 is 0 Å². The molecule has 0 radical (unpaired) electrons. The lowest BCUT2D eigenvalue weighted by molar-refractivity contribution is 0.0907. The number of rotatable bonds is 5. The first-order valence-corrected chi connectivity index (χ1v) is 5.65. The van der Waals surface area contributed by atoms with Crippen molar-refractivity contribution in [1.29, 1.82) is 5.26 Å². The maximum atomic E-state index is 10.1. The monoisotopic (exact) mass is 245 g/mol. The Balaban J connectivity index is 2.49. The Morgan fingerprint density at radius 2 is 2.33 bits per heavy atom. The number of hydrogen-bond acceptors (Lipinski definition) is 3. The summed E-state index contributed by atoms with van der Waals surface area (Å²) in [4.78, 5) is 10.1. The van der Waals surface area contributed by atoms with Crippen LogP contribution in [0.1, 0.15) is 30.9 Å². The van der Waals surface area contributed by atoms with Crippen molar-refractivity contribution in [2.24, 2.45) is 0 Å². The number of carboxylic acid groups (broad SMARTS) is 1. The summed E-state index contributed by atoms with van der Waals surface area (Å²) in [5.74, 6) is 0. The zero-order valence-corrected chi connectivity index (χ0v) is 10.2. The molecule has 0 spiro atoms. The number of nitrogens with zero attached hydrogens (tertiary/aromatic N) is 1. The van der Waals surface area contributed by atoms with E-state index in [1.165, 1.54) is 0 Å². The average Bonchev–Trinajstić information content (AvgIpc) is 2.34. The van der Waals surface area contributed by atoms with Crippen molar-refractivity contribution in [2.45, 2.75) is 19.8 Å². The van der Waals surface area contributed by atoms with E-state index in [-0.39, 0.29) is 6.61 Å². The van der Waals surface area contributed by atoms with E-state index in [0.29, 0.717) is 12.0 Å². The van der Waals surface area contributed by atoms with Crippen LogP contribution >= 0.6 is 0 Å². The van der Waals surface area contributed by atoms with E-state index in [1.54, 1.807) is 6.07 Å². The van der Waals surface area contributed by atoms with Crippen molar-refractivity contribution in [3.63, 3.8) is 0 Å². The van der Waals surface area contributed by atoms with Gasteiger partial charge in [0, 0.05) is 0 Å². The van der Waals surface area contributed by atoms with Gasteiger partial charge in [-0.2, -0.15) is 5.26 Å². The Bertz CT molecular complexity index is 486. The highest BCUT2D eigenvalue weighted by atomic mass is 16.7. The van der Waals surface area contributed by atoms with Crippen molar-refractivity contribution in [3.05, 3.63) is 41.0 Å². The number of allylic oxidation sites excluding steroid dienone is 1. The molecule has 0 fully saturated rings. The number of nitriles is 1. The Labute approximate surface area is 106 Å². The molecule has 0 heterocycles. The predicted molar refractivity (Wildman–Crippen MR) is 68.0 cm³/mol. The summed E-state index contributed by atoms with van der Waals surface area (Å²) < 4.78 is 4.43. The van der Waals surface area contributed by atoms with Crippen LogP contribution in [0.15, 0.2) is 29.8 Å². The number of benzene rings is 1. The SMILES string of the molecule is C/C(=C\c1cccc(C#N)c1)CCCOC(=O)O. The third-order valence-corrected chi connectivity index (χ3v) is 2.37. The van der Waals surface area contributed by atoms with Crippen LogP contribution in [-0.2, 0) is 4.74 Å². The summed E-state index contributed by atoms with van der Waals surface area (Å²) >= 11 is 0. The first kappa shape index (κ1) is 13.8. The van der Waals surface area contributed by atoms with Crippen LogP contribution in [0.5, 0.6) is 0 Å². The van der Waals surface area contributed by atoms with Crippen LogP contribution < -0.4 is 0 Å². The molecule has 0 aliphatic carbocycles. The maximum absolute atomic E-state index is 10.1. The van der Waals surface area contributed by atoms with Gasteiger partial charge in [0.1, 0.15) is 0 Å². The van der Waals surface area contributed by atoms with Gasteiger partial charge >= 0.3 is 6.16 Å². The molecule has 1 aromatic carbocycles. The lowest BCUT2D eigenvalue weighted by Crippen LogP contribution is -2.01. The molecule has 0 aromatic heterocycles. The maximum Gasteiger partial charge on any atom is 0.505 e. The molecule has 0 amide bonds. The first-order valence-electron chi connectivity index (χ1n) is 5.65. The van der Waals surface area contributed by atoms with Gasteiger partial charge in [0.15, 0.2) is 0 Å². The zero-order valence-electron chi connectivity index (χ0n) is 10.2. The third kappa shape index (κ3) is 5.17. The molecular formula is C14H15NO3. The molecule has 0 unspecified atom stereocenters. The van der Waals surface area contributed by atoms with Gasteiger partial charge in [0.25, 0.3) is 0 Å². The smallest absolute Gasteiger partial charge is 0.450 e. The molecule has 18 heavy (non-hydrogen) atoms. The molecule has 1 N–H and O–H groups in total. The van der Waals surface area contributed by atoms with Gasteiger partial charge in [-0.1, -0.05) is 23.8 Å². The Morgan fingerprint density at radius 1 is 1.56 bits per heavy atom. The third-order valence-electron chi connectivity index (χ3n) is 2.37. The lowest BCUT2D eigenvalue weighted by Gasteiger charge is -2.02. The van der Waals surface area contributed by atoms with Crippen LogP contribution in [0.3, 0.4) is 0 Å².